The fourth-order valence-electron chi connectivity index (χ4n) is 1.38. The molecule has 0 bridgehead atoms. The van der Waals surface area contributed by atoms with E-state index in [1.165, 1.54) is 0 Å². The van der Waals surface area contributed by atoms with E-state index < -0.39 is 5.41 Å². The Morgan fingerprint density at radius 3 is 2.89 bits per heavy atom. The molecule has 96 valence electrons. The minimum absolute atomic E-state index is 0.166. The van der Waals surface area contributed by atoms with Crippen molar-refractivity contribution >= 4 is 18.2 Å². The lowest BCUT2D eigenvalue weighted by molar-refractivity contribution is -0.130. The third kappa shape index (κ3) is 3.47. The second kappa shape index (κ2) is 6.41. The summed E-state index contributed by atoms with van der Waals surface area (Å²) < 4.78 is 4.74. The van der Waals surface area contributed by atoms with Crippen molar-refractivity contribution in [3.05, 3.63) is 23.5 Å². The van der Waals surface area contributed by atoms with Gasteiger partial charge in [-0.05, 0) is 31.2 Å². The summed E-state index contributed by atoms with van der Waals surface area (Å²) >= 11 is 1.63. The lowest BCUT2D eigenvalue weighted by Gasteiger charge is -2.17. The molecule has 1 aromatic heterocycles. The van der Waals surface area contributed by atoms with Crippen molar-refractivity contribution in [2.45, 2.75) is 37.7 Å². The van der Waals surface area contributed by atoms with Crippen LogP contribution in [0.4, 0.5) is 0 Å². The molecule has 0 aromatic carbocycles. The number of nitrogens with zero attached hydrogens (tertiary/aromatic N) is 2. The Hall–Kier alpha value is -1.54. The number of aromatic nitrogens is 1. The lowest BCUT2D eigenvalue weighted by atomic mass is 9.87. The van der Waals surface area contributed by atoms with Gasteiger partial charge in [-0.1, -0.05) is 6.92 Å². The summed E-state index contributed by atoms with van der Waals surface area (Å²) in [6.07, 6.45) is 1.67. The number of hydrogen-bond donors (Lipinski definition) is 0. The third-order valence-corrected chi connectivity index (χ3v) is 3.47. The van der Waals surface area contributed by atoms with Gasteiger partial charge in [0, 0.05) is 11.1 Å². The van der Waals surface area contributed by atoms with Gasteiger partial charge in [0.25, 0.3) is 6.47 Å². The Morgan fingerprint density at radius 1 is 1.61 bits per heavy atom. The van der Waals surface area contributed by atoms with Crippen LogP contribution < -0.4 is 0 Å². The van der Waals surface area contributed by atoms with Crippen molar-refractivity contribution < 1.29 is 9.53 Å². The smallest absolute Gasteiger partial charge is 0.293 e. The lowest BCUT2D eigenvalue weighted by Crippen LogP contribution is -2.15. The van der Waals surface area contributed by atoms with E-state index in [-0.39, 0.29) is 6.61 Å². The summed E-state index contributed by atoms with van der Waals surface area (Å²) in [5.74, 6) is 0.895. The van der Waals surface area contributed by atoms with Crippen molar-refractivity contribution in [3.8, 4) is 6.07 Å². The molecule has 0 atom stereocenters. The van der Waals surface area contributed by atoms with Crippen LogP contribution in [0.15, 0.2) is 17.2 Å². The van der Waals surface area contributed by atoms with Crippen molar-refractivity contribution in [1.29, 1.82) is 5.26 Å². The SMILES string of the molecule is CCSc1cc(C(C)(C)C#N)cnc1COC=O. The molecule has 0 aliphatic heterocycles. The monoisotopic (exact) mass is 264 g/mol. The predicted octanol–water partition coefficient (Wildman–Crippen LogP) is 2.67. The van der Waals surface area contributed by atoms with Gasteiger partial charge in [-0.15, -0.1) is 11.8 Å². The zero-order valence-electron chi connectivity index (χ0n) is 10.8. The molecule has 0 unspecified atom stereocenters. The van der Waals surface area contributed by atoms with Gasteiger partial charge < -0.3 is 4.74 Å². The van der Waals surface area contributed by atoms with Crippen LogP contribution in [0.1, 0.15) is 32.0 Å². The highest BCUT2D eigenvalue weighted by Crippen LogP contribution is 2.28. The van der Waals surface area contributed by atoms with Crippen LogP contribution in [-0.2, 0) is 21.6 Å². The van der Waals surface area contributed by atoms with E-state index in [0.717, 1.165) is 21.9 Å². The van der Waals surface area contributed by atoms with Crippen molar-refractivity contribution in [2.75, 3.05) is 5.75 Å². The maximum absolute atomic E-state index is 10.2. The maximum atomic E-state index is 10.2. The van der Waals surface area contributed by atoms with Crippen LogP contribution in [-0.4, -0.2) is 17.2 Å². The van der Waals surface area contributed by atoms with Gasteiger partial charge in [-0.2, -0.15) is 5.26 Å². The summed E-state index contributed by atoms with van der Waals surface area (Å²) in [6.45, 7) is 6.32. The van der Waals surface area contributed by atoms with E-state index in [1.54, 1.807) is 18.0 Å². The van der Waals surface area contributed by atoms with Gasteiger partial charge in [0.2, 0.25) is 0 Å². The average molecular weight is 264 g/mol. The standard InChI is InChI=1S/C13H16N2O2S/c1-4-18-12-5-10(13(2,3)8-14)6-15-11(12)7-17-9-16/h5-6,9H,4,7H2,1-3H3. The molecule has 0 N–H and O–H groups in total. The van der Waals surface area contributed by atoms with Crippen LogP contribution in [0.3, 0.4) is 0 Å². The number of nitriles is 1. The zero-order chi connectivity index (χ0) is 13.6. The van der Waals surface area contributed by atoms with Crippen molar-refractivity contribution in [2.24, 2.45) is 0 Å². The Kier molecular flexibility index (Phi) is 5.17. The minimum Gasteiger partial charge on any atom is -0.461 e. The average Bonchev–Trinajstić information content (AvgIpc) is 2.37. The normalized spacial score (nSPS) is 10.8. The van der Waals surface area contributed by atoms with E-state index in [0.29, 0.717) is 6.47 Å². The Labute approximate surface area is 111 Å². The molecule has 1 rings (SSSR count). The van der Waals surface area contributed by atoms with Crippen molar-refractivity contribution in [3.63, 3.8) is 0 Å². The van der Waals surface area contributed by atoms with E-state index in [2.05, 4.69) is 11.1 Å². The molecule has 4 nitrogen and oxygen atoms in total. The van der Waals surface area contributed by atoms with E-state index in [9.17, 15) is 4.79 Å². The quantitative estimate of drug-likeness (QED) is 0.584. The number of pyridine rings is 1. The first kappa shape index (κ1) is 14.5. The maximum Gasteiger partial charge on any atom is 0.293 e. The first-order chi connectivity index (χ1) is 8.55. The summed E-state index contributed by atoms with van der Waals surface area (Å²) in [5, 5.41) is 9.12. The molecule has 0 saturated carbocycles. The first-order valence-electron chi connectivity index (χ1n) is 5.63. The highest BCUT2D eigenvalue weighted by Gasteiger charge is 2.21. The fourth-order valence-corrected chi connectivity index (χ4v) is 2.18. The number of carbonyl (C=O) groups excluding carboxylic acids is 1. The van der Waals surface area contributed by atoms with Gasteiger partial charge in [0.05, 0.1) is 17.2 Å². The molecule has 1 aromatic rings. The number of carbonyl (C=O) groups is 1. The number of hydrogen-bond acceptors (Lipinski definition) is 5. The highest BCUT2D eigenvalue weighted by atomic mass is 32.2. The molecule has 0 radical (unpaired) electrons. The van der Waals surface area contributed by atoms with Crippen molar-refractivity contribution in [1.82, 2.24) is 4.98 Å². The summed E-state index contributed by atoms with van der Waals surface area (Å²) in [7, 11) is 0. The van der Waals surface area contributed by atoms with E-state index >= 15 is 0 Å². The fraction of sp³-hybridized carbons (Fsp3) is 0.462. The third-order valence-electron chi connectivity index (χ3n) is 2.52. The van der Waals surface area contributed by atoms with Crippen LogP contribution in [0, 0.1) is 11.3 Å². The molecular weight excluding hydrogens is 248 g/mol. The van der Waals surface area contributed by atoms with Crippen LogP contribution in [0.2, 0.25) is 0 Å². The minimum atomic E-state index is -0.569. The molecule has 1 heterocycles. The van der Waals surface area contributed by atoms with Crippen LogP contribution in [0.25, 0.3) is 0 Å². The van der Waals surface area contributed by atoms with E-state index in [1.807, 2.05) is 26.8 Å². The Morgan fingerprint density at radius 2 is 2.33 bits per heavy atom. The van der Waals surface area contributed by atoms with Gasteiger partial charge in [0.1, 0.15) is 6.61 Å². The Bertz CT molecular complexity index is 467. The van der Waals surface area contributed by atoms with E-state index in [4.69, 9.17) is 10.00 Å². The molecule has 0 spiro atoms. The van der Waals surface area contributed by atoms with Crippen LogP contribution >= 0.6 is 11.8 Å². The second-order valence-corrected chi connectivity index (χ2v) is 5.55. The highest BCUT2D eigenvalue weighted by molar-refractivity contribution is 7.99. The molecule has 0 aliphatic rings. The zero-order valence-corrected chi connectivity index (χ0v) is 11.6. The van der Waals surface area contributed by atoms with Gasteiger partial charge in [0.15, 0.2) is 0 Å². The molecular formula is C13H16N2O2S. The molecule has 0 aliphatic carbocycles. The summed E-state index contributed by atoms with van der Waals surface area (Å²) in [4.78, 5) is 15.5. The first-order valence-corrected chi connectivity index (χ1v) is 6.62. The largest absolute Gasteiger partial charge is 0.461 e. The van der Waals surface area contributed by atoms with Crippen LogP contribution in [0.5, 0.6) is 0 Å². The molecule has 5 heteroatoms. The van der Waals surface area contributed by atoms with Gasteiger partial charge in [-0.3, -0.25) is 9.78 Å². The van der Waals surface area contributed by atoms with Gasteiger partial charge >= 0.3 is 0 Å². The number of rotatable bonds is 6. The molecule has 0 fully saturated rings. The molecule has 18 heavy (non-hydrogen) atoms. The Balaban J connectivity index is 3.10. The number of ether oxygens (including phenoxy) is 1. The molecule has 0 amide bonds. The summed E-state index contributed by atoms with van der Waals surface area (Å²) in [6, 6.07) is 4.21. The topological polar surface area (TPSA) is 63.0 Å². The summed E-state index contributed by atoms with van der Waals surface area (Å²) in [5.41, 5.74) is 1.03. The second-order valence-electron chi connectivity index (χ2n) is 4.25. The number of thioether (sulfide) groups is 1. The molecule has 0 saturated heterocycles. The predicted molar refractivity (Wildman–Crippen MR) is 70.1 cm³/mol. The van der Waals surface area contributed by atoms with Gasteiger partial charge in [-0.25, -0.2) is 0 Å².